The summed E-state index contributed by atoms with van der Waals surface area (Å²) in [5.74, 6) is 1.71. The standard InChI is InChI=1S/C12H19N/c1-10-8-12(9-10)5-2-11(3-6-12)4-7-13/h10-11H,2-6,8-9H2,1H3. The summed E-state index contributed by atoms with van der Waals surface area (Å²) in [5, 5.41) is 8.61. The third-order valence-corrected chi connectivity index (χ3v) is 4.11. The summed E-state index contributed by atoms with van der Waals surface area (Å²) in [5.41, 5.74) is 0.741. The van der Waals surface area contributed by atoms with Crippen LogP contribution in [0.3, 0.4) is 0 Å². The maximum Gasteiger partial charge on any atom is 0.0624 e. The highest BCUT2D eigenvalue weighted by Gasteiger charge is 2.43. The van der Waals surface area contributed by atoms with Crippen LogP contribution in [-0.4, -0.2) is 0 Å². The molecule has 2 aliphatic carbocycles. The SMILES string of the molecule is CC1CC2(CCC(CC#N)CC2)C1. The molecule has 13 heavy (non-hydrogen) atoms. The molecule has 0 aromatic carbocycles. The molecule has 0 heterocycles. The fourth-order valence-electron chi connectivity index (χ4n) is 3.45. The first-order valence-electron chi connectivity index (χ1n) is 5.61. The van der Waals surface area contributed by atoms with Crippen molar-refractivity contribution in [3.05, 3.63) is 0 Å². The second kappa shape index (κ2) is 3.33. The molecule has 0 aromatic heterocycles. The maximum atomic E-state index is 8.61. The van der Waals surface area contributed by atoms with E-state index >= 15 is 0 Å². The molecule has 0 radical (unpaired) electrons. The minimum absolute atomic E-state index is 0.728. The van der Waals surface area contributed by atoms with Crippen molar-refractivity contribution < 1.29 is 0 Å². The Morgan fingerprint density at radius 1 is 1.31 bits per heavy atom. The van der Waals surface area contributed by atoms with Crippen LogP contribution in [0.5, 0.6) is 0 Å². The van der Waals surface area contributed by atoms with Crippen LogP contribution in [0.2, 0.25) is 0 Å². The lowest BCUT2D eigenvalue weighted by Crippen LogP contribution is -2.39. The lowest BCUT2D eigenvalue weighted by Gasteiger charge is -2.50. The average Bonchev–Trinajstić information content (AvgIpc) is 2.07. The lowest BCUT2D eigenvalue weighted by molar-refractivity contribution is 0.00931. The van der Waals surface area contributed by atoms with Crippen molar-refractivity contribution in [1.29, 1.82) is 5.26 Å². The number of nitriles is 1. The third kappa shape index (κ3) is 1.73. The predicted molar refractivity (Wildman–Crippen MR) is 53.0 cm³/mol. The summed E-state index contributed by atoms with van der Waals surface area (Å²) >= 11 is 0. The van der Waals surface area contributed by atoms with Gasteiger partial charge in [-0.3, -0.25) is 0 Å². The Hall–Kier alpha value is -0.510. The van der Waals surface area contributed by atoms with Gasteiger partial charge in [-0.2, -0.15) is 5.26 Å². The summed E-state index contributed by atoms with van der Waals surface area (Å²) < 4.78 is 0. The van der Waals surface area contributed by atoms with Crippen molar-refractivity contribution in [2.45, 2.75) is 51.9 Å². The van der Waals surface area contributed by atoms with E-state index in [2.05, 4.69) is 13.0 Å². The quantitative estimate of drug-likeness (QED) is 0.601. The molecule has 0 aromatic rings. The van der Waals surface area contributed by atoms with Gasteiger partial charge in [0, 0.05) is 6.42 Å². The number of hydrogen-bond donors (Lipinski definition) is 0. The monoisotopic (exact) mass is 177 g/mol. The van der Waals surface area contributed by atoms with Gasteiger partial charge in [0.1, 0.15) is 0 Å². The zero-order valence-corrected chi connectivity index (χ0v) is 8.55. The van der Waals surface area contributed by atoms with E-state index < -0.39 is 0 Å². The first-order chi connectivity index (χ1) is 6.24. The molecule has 1 nitrogen and oxygen atoms in total. The Balaban J connectivity index is 1.80. The van der Waals surface area contributed by atoms with Gasteiger partial charge in [0.05, 0.1) is 6.07 Å². The summed E-state index contributed by atoms with van der Waals surface area (Å²) in [7, 11) is 0. The summed E-state index contributed by atoms with van der Waals surface area (Å²) in [6.45, 7) is 2.37. The molecule has 0 amide bonds. The fraction of sp³-hybridized carbons (Fsp3) is 0.917. The van der Waals surface area contributed by atoms with Crippen LogP contribution < -0.4 is 0 Å². The molecule has 2 saturated carbocycles. The van der Waals surface area contributed by atoms with Crippen molar-refractivity contribution in [1.82, 2.24) is 0 Å². The van der Waals surface area contributed by atoms with Gasteiger partial charge in [0.15, 0.2) is 0 Å². The molecule has 2 rings (SSSR count). The van der Waals surface area contributed by atoms with Gasteiger partial charge >= 0.3 is 0 Å². The number of nitrogens with zero attached hydrogens (tertiary/aromatic N) is 1. The van der Waals surface area contributed by atoms with E-state index in [1.807, 2.05) is 0 Å². The molecular weight excluding hydrogens is 158 g/mol. The van der Waals surface area contributed by atoms with Gasteiger partial charge in [0.2, 0.25) is 0 Å². The first-order valence-corrected chi connectivity index (χ1v) is 5.61. The Morgan fingerprint density at radius 2 is 1.92 bits per heavy atom. The molecule has 0 unspecified atom stereocenters. The van der Waals surface area contributed by atoms with Crippen LogP contribution >= 0.6 is 0 Å². The van der Waals surface area contributed by atoms with Crippen LogP contribution in [-0.2, 0) is 0 Å². The molecule has 1 heteroatoms. The van der Waals surface area contributed by atoms with Crippen molar-refractivity contribution in [2.75, 3.05) is 0 Å². The minimum atomic E-state index is 0.728. The Labute approximate surface area is 81.1 Å². The smallest absolute Gasteiger partial charge is 0.0624 e. The van der Waals surface area contributed by atoms with E-state index in [0.717, 1.165) is 23.7 Å². The first kappa shape index (κ1) is 9.06. The van der Waals surface area contributed by atoms with Crippen LogP contribution in [0.1, 0.15) is 51.9 Å². The van der Waals surface area contributed by atoms with Gasteiger partial charge in [-0.15, -0.1) is 0 Å². The van der Waals surface area contributed by atoms with Crippen molar-refractivity contribution in [3.8, 4) is 6.07 Å². The summed E-state index contributed by atoms with van der Waals surface area (Å²) in [6.07, 6.45) is 9.18. The molecular formula is C12H19N. The Bertz CT molecular complexity index is 210. The average molecular weight is 177 g/mol. The van der Waals surface area contributed by atoms with Crippen molar-refractivity contribution in [2.24, 2.45) is 17.3 Å². The highest BCUT2D eigenvalue weighted by atomic mass is 14.5. The molecule has 0 bridgehead atoms. The van der Waals surface area contributed by atoms with E-state index in [1.54, 1.807) is 0 Å². The van der Waals surface area contributed by atoms with Gasteiger partial charge in [-0.1, -0.05) is 6.92 Å². The van der Waals surface area contributed by atoms with Gasteiger partial charge in [0.25, 0.3) is 0 Å². The lowest BCUT2D eigenvalue weighted by atomic mass is 9.55. The topological polar surface area (TPSA) is 23.8 Å². The zero-order valence-electron chi connectivity index (χ0n) is 8.55. The predicted octanol–water partition coefficient (Wildman–Crippen LogP) is 3.51. The molecule has 0 atom stereocenters. The van der Waals surface area contributed by atoms with Gasteiger partial charge in [-0.25, -0.2) is 0 Å². The van der Waals surface area contributed by atoms with E-state index in [-0.39, 0.29) is 0 Å². The number of hydrogen-bond acceptors (Lipinski definition) is 1. The van der Waals surface area contributed by atoms with Crippen LogP contribution in [0.25, 0.3) is 0 Å². The largest absolute Gasteiger partial charge is 0.198 e. The van der Waals surface area contributed by atoms with Crippen LogP contribution in [0, 0.1) is 28.6 Å². The fourth-order valence-corrected chi connectivity index (χ4v) is 3.45. The normalized spacial score (nSPS) is 44.0. The minimum Gasteiger partial charge on any atom is -0.198 e. The van der Waals surface area contributed by atoms with Gasteiger partial charge in [-0.05, 0) is 55.8 Å². The molecule has 0 saturated heterocycles. The molecule has 2 aliphatic rings. The highest BCUT2D eigenvalue weighted by Crippen LogP contribution is 2.55. The summed E-state index contributed by atoms with van der Waals surface area (Å²) in [6, 6.07) is 2.31. The van der Waals surface area contributed by atoms with Crippen LogP contribution in [0.15, 0.2) is 0 Å². The molecule has 0 N–H and O–H groups in total. The number of rotatable bonds is 1. The van der Waals surface area contributed by atoms with E-state index in [9.17, 15) is 0 Å². The third-order valence-electron chi connectivity index (χ3n) is 4.11. The van der Waals surface area contributed by atoms with Gasteiger partial charge < -0.3 is 0 Å². The van der Waals surface area contributed by atoms with Crippen LogP contribution in [0.4, 0.5) is 0 Å². The van der Waals surface area contributed by atoms with Crippen molar-refractivity contribution in [3.63, 3.8) is 0 Å². The highest BCUT2D eigenvalue weighted by molar-refractivity contribution is 4.96. The Kier molecular flexibility index (Phi) is 2.32. The van der Waals surface area contributed by atoms with Crippen molar-refractivity contribution >= 4 is 0 Å². The maximum absolute atomic E-state index is 8.61. The Morgan fingerprint density at radius 3 is 2.38 bits per heavy atom. The zero-order chi connectivity index (χ0) is 9.31. The van der Waals surface area contributed by atoms with E-state index in [4.69, 9.17) is 5.26 Å². The second-order valence-corrected chi connectivity index (χ2v) is 5.32. The van der Waals surface area contributed by atoms with E-state index in [0.29, 0.717) is 0 Å². The molecule has 2 fully saturated rings. The molecule has 0 aliphatic heterocycles. The molecule has 1 spiro atoms. The van der Waals surface area contributed by atoms with E-state index in [1.165, 1.54) is 38.5 Å². The second-order valence-electron chi connectivity index (χ2n) is 5.32. The summed E-state index contributed by atoms with van der Waals surface area (Å²) in [4.78, 5) is 0. The molecule has 72 valence electrons.